The first kappa shape index (κ1) is 16.6. The minimum Gasteiger partial charge on any atom is -0.453 e. The molecule has 0 aliphatic heterocycles. The quantitative estimate of drug-likeness (QED) is 0.637. The van der Waals surface area contributed by atoms with Crippen LogP contribution in [0.3, 0.4) is 0 Å². The van der Waals surface area contributed by atoms with Gasteiger partial charge >= 0.3 is 0 Å². The van der Waals surface area contributed by atoms with E-state index in [2.05, 4.69) is 36.2 Å². The van der Waals surface area contributed by atoms with E-state index in [0.717, 1.165) is 30.7 Å². The molecule has 3 nitrogen and oxygen atoms in total. The highest BCUT2D eigenvalue weighted by atomic mass is 19.1. The van der Waals surface area contributed by atoms with Crippen molar-refractivity contribution in [1.82, 2.24) is 9.97 Å². The number of hydrogen-bond acceptors (Lipinski definition) is 2. The molecule has 2 aromatic heterocycles. The zero-order valence-corrected chi connectivity index (χ0v) is 15.0. The molecule has 1 aliphatic rings. The van der Waals surface area contributed by atoms with Gasteiger partial charge in [-0.1, -0.05) is 35.9 Å². The smallest absolute Gasteiger partial charge is 0.174 e. The Kier molecular flexibility index (Phi) is 4.33. The lowest BCUT2D eigenvalue weighted by Gasteiger charge is -2.06. The van der Waals surface area contributed by atoms with Crippen molar-refractivity contribution in [1.29, 1.82) is 0 Å². The summed E-state index contributed by atoms with van der Waals surface area (Å²) in [5, 5.41) is 0. The number of aromatic nitrogens is 2. The summed E-state index contributed by atoms with van der Waals surface area (Å²) < 4.78 is 19.9. The fraction of sp³-hybridized carbons (Fsp3) is 0.227. The van der Waals surface area contributed by atoms with Crippen LogP contribution >= 0.6 is 0 Å². The molecule has 0 radical (unpaired) electrons. The van der Waals surface area contributed by atoms with E-state index in [-0.39, 0.29) is 5.83 Å². The Bertz CT molecular complexity index is 990. The summed E-state index contributed by atoms with van der Waals surface area (Å²) in [5.41, 5.74) is 5.00. The van der Waals surface area contributed by atoms with Crippen LogP contribution in [0.4, 0.5) is 4.39 Å². The van der Waals surface area contributed by atoms with Crippen molar-refractivity contribution in [2.75, 3.05) is 0 Å². The van der Waals surface area contributed by atoms with Crippen molar-refractivity contribution >= 4 is 5.57 Å². The summed E-state index contributed by atoms with van der Waals surface area (Å²) >= 11 is 0. The monoisotopic (exact) mass is 348 g/mol. The minimum absolute atomic E-state index is 0.215. The highest BCUT2D eigenvalue weighted by Gasteiger charge is 2.17. The zero-order chi connectivity index (χ0) is 18.1. The summed E-state index contributed by atoms with van der Waals surface area (Å²) in [5.74, 6) is 1.63. The molecule has 1 aromatic carbocycles. The second-order valence-electron chi connectivity index (χ2n) is 6.73. The van der Waals surface area contributed by atoms with Crippen LogP contribution in [0.5, 0.6) is 0 Å². The number of allylic oxidation sites excluding steroid dienone is 4. The molecule has 0 amide bonds. The molecular weight excluding hydrogens is 327 g/mol. The van der Waals surface area contributed by atoms with Gasteiger partial charge in [0.2, 0.25) is 0 Å². The Morgan fingerprint density at radius 2 is 1.73 bits per heavy atom. The third-order valence-electron chi connectivity index (χ3n) is 4.68. The highest BCUT2D eigenvalue weighted by Crippen LogP contribution is 2.32. The molecule has 4 heteroatoms. The summed E-state index contributed by atoms with van der Waals surface area (Å²) in [4.78, 5) is 7.99. The SMILES string of the molecule is Cc1ccc(Cc2nc(-c3ccc(C4=CCCC=C4F)o3)[nH]c2C)cc1. The van der Waals surface area contributed by atoms with Gasteiger partial charge in [-0.15, -0.1) is 0 Å². The standard InChI is InChI=1S/C22H21FN2O/c1-14-7-9-16(10-8-14)13-19-15(2)24-22(25-19)21-12-11-20(26-21)17-5-3-4-6-18(17)23/h5-12H,3-4,13H2,1-2H3,(H,24,25). The molecule has 0 unspecified atom stereocenters. The van der Waals surface area contributed by atoms with Crippen LogP contribution in [0.25, 0.3) is 17.2 Å². The van der Waals surface area contributed by atoms with E-state index in [1.54, 1.807) is 12.1 Å². The first-order valence-electron chi connectivity index (χ1n) is 8.88. The van der Waals surface area contributed by atoms with Gasteiger partial charge in [0.15, 0.2) is 11.6 Å². The second kappa shape index (κ2) is 6.79. The van der Waals surface area contributed by atoms with Crippen molar-refractivity contribution in [3.05, 3.63) is 82.7 Å². The molecule has 1 N–H and O–H groups in total. The van der Waals surface area contributed by atoms with Crippen LogP contribution in [-0.2, 0) is 6.42 Å². The summed E-state index contributed by atoms with van der Waals surface area (Å²) in [7, 11) is 0. The molecular formula is C22H21FN2O. The normalized spacial score (nSPS) is 14.3. The molecule has 0 saturated heterocycles. The topological polar surface area (TPSA) is 41.8 Å². The van der Waals surface area contributed by atoms with Gasteiger partial charge in [-0.2, -0.15) is 0 Å². The van der Waals surface area contributed by atoms with E-state index >= 15 is 0 Å². The number of benzene rings is 1. The van der Waals surface area contributed by atoms with Crippen molar-refractivity contribution in [3.8, 4) is 11.6 Å². The Morgan fingerprint density at radius 3 is 2.50 bits per heavy atom. The third kappa shape index (κ3) is 3.27. The largest absolute Gasteiger partial charge is 0.453 e. The molecule has 3 aromatic rings. The second-order valence-corrected chi connectivity index (χ2v) is 6.73. The lowest BCUT2D eigenvalue weighted by Crippen LogP contribution is -1.91. The molecule has 2 heterocycles. The van der Waals surface area contributed by atoms with Crippen LogP contribution in [0.2, 0.25) is 0 Å². The number of H-pyrrole nitrogens is 1. The van der Waals surface area contributed by atoms with Gasteiger partial charge in [0.1, 0.15) is 11.6 Å². The van der Waals surface area contributed by atoms with Gasteiger partial charge in [0.05, 0.1) is 5.69 Å². The van der Waals surface area contributed by atoms with Crippen LogP contribution in [-0.4, -0.2) is 9.97 Å². The van der Waals surface area contributed by atoms with Gasteiger partial charge in [-0.25, -0.2) is 9.37 Å². The van der Waals surface area contributed by atoms with Crippen LogP contribution in [0.1, 0.15) is 41.1 Å². The first-order valence-corrected chi connectivity index (χ1v) is 8.88. The minimum atomic E-state index is -0.215. The fourth-order valence-electron chi connectivity index (χ4n) is 3.16. The molecule has 0 bridgehead atoms. The van der Waals surface area contributed by atoms with Crippen molar-refractivity contribution in [3.63, 3.8) is 0 Å². The average Bonchev–Trinajstić information content (AvgIpc) is 3.25. The number of aryl methyl sites for hydroxylation is 2. The molecule has 0 saturated carbocycles. The number of nitrogens with zero attached hydrogens (tertiary/aromatic N) is 1. The zero-order valence-electron chi connectivity index (χ0n) is 15.0. The predicted octanol–water partition coefficient (Wildman–Crippen LogP) is 5.91. The van der Waals surface area contributed by atoms with Crippen molar-refractivity contribution in [2.24, 2.45) is 0 Å². The molecule has 1 aliphatic carbocycles. The molecule has 0 atom stereocenters. The number of hydrogen-bond donors (Lipinski definition) is 1. The lowest BCUT2D eigenvalue weighted by molar-refractivity contribution is 0.554. The number of imidazole rings is 1. The molecule has 4 rings (SSSR count). The van der Waals surface area contributed by atoms with Gasteiger partial charge < -0.3 is 9.40 Å². The first-order chi connectivity index (χ1) is 12.6. The average molecular weight is 348 g/mol. The molecule has 26 heavy (non-hydrogen) atoms. The highest BCUT2D eigenvalue weighted by molar-refractivity contribution is 5.75. The fourth-order valence-corrected chi connectivity index (χ4v) is 3.16. The van der Waals surface area contributed by atoms with Gasteiger partial charge in [-0.05, 0) is 50.5 Å². The maximum Gasteiger partial charge on any atom is 0.174 e. The summed E-state index contributed by atoms with van der Waals surface area (Å²) in [6, 6.07) is 12.1. The number of aromatic amines is 1. The molecule has 0 fully saturated rings. The maximum atomic E-state index is 14.0. The molecule has 0 spiro atoms. The number of halogens is 1. The Morgan fingerprint density at radius 1 is 1.00 bits per heavy atom. The third-order valence-corrected chi connectivity index (χ3v) is 4.68. The molecule has 132 valence electrons. The Labute approximate surface area is 152 Å². The van der Waals surface area contributed by atoms with E-state index in [0.29, 0.717) is 22.9 Å². The van der Waals surface area contributed by atoms with Gasteiger partial charge in [-0.3, -0.25) is 0 Å². The predicted molar refractivity (Wildman–Crippen MR) is 101 cm³/mol. The number of furan rings is 1. The summed E-state index contributed by atoms with van der Waals surface area (Å²) in [6.07, 6.45) is 5.82. The van der Waals surface area contributed by atoms with E-state index in [4.69, 9.17) is 9.40 Å². The van der Waals surface area contributed by atoms with Gasteiger partial charge in [0.25, 0.3) is 0 Å². The number of nitrogens with one attached hydrogen (secondary N) is 1. The van der Waals surface area contributed by atoms with Crippen molar-refractivity contribution < 1.29 is 8.81 Å². The lowest BCUT2D eigenvalue weighted by atomic mass is 10.0. The van der Waals surface area contributed by atoms with Crippen LogP contribution in [0, 0.1) is 13.8 Å². The summed E-state index contributed by atoms with van der Waals surface area (Å²) in [6.45, 7) is 4.09. The Balaban J connectivity index is 1.58. The van der Waals surface area contributed by atoms with E-state index in [1.165, 1.54) is 11.1 Å². The maximum absolute atomic E-state index is 14.0. The number of rotatable bonds is 4. The van der Waals surface area contributed by atoms with Gasteiger partial charge in [0, 0.05) is 17.7 Å². The van der Waals surface area contributed by atoms with Crippen LogP contribution in [0.15, 0.2) is 58.8 Å². The van der Waals surface area contributed by atoms with E-state index in [9.17, 15) is 4.39 Å². The van der Waals surface area contributed by atoms with E-state index < -0.39 is 0 Å². The van der Waals surface area contributed by atoms with Crippen molar-refractivity contribution in [2.45, 2.75) is 33.1 Å². The van der Waals surface area contributed by atoms with E-state index in [1.807, 2.05) is 19.1 Å². The van der Waals surface area contributed by atoms with Crippen LogP contribution < -0.4 is 0 Å². The Hall–Kier alpha value is -2.88.